The fraction of sp³-hybridized carbons (Fsp3) is 0.0833. The Hall–Kier alpha value is -2.55. The van der Waals surface area contributed by atoms with Gasteiger partial charge >= 0.3 is 0 Å². The van der Waals surface area contributed by atoms with Crippen molar-refractivity contribution in [1.29, 1.82) is 0 Å². The number of halogens is 1. The van der Waals surface area contributed by atoms with Gasteiger partial charge in [-0.25, -0.2) is 4.98 Å². The van der Waals surface area contributed by atoms with E-state index in [1.54, 1.807) is 6.07 Å². The first-order chi connectivity index (χ1) is 10.3. The molecule has 0 aromatic carbocycles. The number of pyridine rings is 1. The SMILES string of the molecule is Brc1ccc2nc(CNc3ccc4nnnn4n3)cn2c1. The molecule has 0 aliphatic rings. The number of imidazole rings is 1. The molecule has 0 spiro atoms. The number of nitrogens with zero attached hydrogens (tertiary/aromatic N) is 7. The number of rotatable bonds is 3. The number of fused-ring (bicyclic) bond motifs is 2. The second-order valence-electron chi connectivity index (χ2n) is 4.44. The van der Waals surface area contributed by atoms with Crippen LogP contribution in [0.1, 0.15) is 5.69 Å². The van der Waals surface area contributed by atoms with Crippen LogP contribution in [-0.4, -0.2) is 34.6 Å². The maximum Gasteiger partial charge on any atom is 0.200 e. The van der Waals surface area contributed by atoms with Crippen molar-refractivity contribution in [3.8, 4) is 0 Å². The highest BCUT2D eigenvalue weighted by molar-refractivity contribution is 9.10. The summed E-state index contributed by atoms with van der Waals surface area (Å²) in [4.78, 5) is 4.53. The van der Waals surface area contributed by atoms with E-state index in [-0.39, 0.29) is 0 Å². The fourth-order valence-corrected chi connectivity index (χ4v) is 2.38. The van der Waals surface area contributed by atoms with Crippen LogP contribution in [0.3, 0.4) is 0 Å². The number of hydrogen-bond acceptors (Lipinski definition) is 6. The van der Waals surface area contributed by atoms with Crippen molar-refractivity contribution in [3.63, 3.8) is 0 Å². The highest BCUT2D eigenvalue weighted by Gasteiger charge is 2.04. The molecule has 0 saturated carbocycles. The van der Waals surface area contributed by atoms with Crippen LogP contribution in [0.25, 0.3) is 11.3 Å². The third-order valence-electron chi connectivity index (χ3n) is 2.99. The summed E-state index contributed by atoms with van der Waals surface area (Å²) in [7, 11) is 0. The Bertz CT molecular complexity index is 927. The van der Waals surface area contributed by atoms with E-state index < -0.39 is 0 Å². The Kier molecular flexibility index (Phi) is 2.78. The zero-order valence-corrected chi connectivity index (χ0v) is 12.3. The Labute approximate surface area is 126 Å². The van der Waals surface area contributed by atoms with E-state index in [1.807, 2.05) is 35.0 Å². The standard InChI is InChI=1S/C12H9BrN8/c13-8-1-3-11-15-9(7-20(11)6-8)5-14-10-2-4-12-16-18-19-21(12)17-10/h1-4,6-7H,5H2,(H,14,17). The van der Waals surface area contributed by atoms with Crippen LogP contribution in [0.4, 0.5) is 5.82 Å². The molecule has 0 aliphatic carbocycles. The first-order valence-electron chi connectivity index (χ1n) is 6.20. The zero-order chi connectivity index (χ0) is 14.2. The van der Waals surface area contributed by atoms with Crippen molar-refractivity contribution in [3.05, 3.63) is 46.8 Å². The number of aromatic nitrogens is 7. The van der Waals surface area contributed by atoms with Crippen LogP contribution in [0.2, 0.25) is 0 Å². The second-order valence-corrected chi connectivity index (χ2v) is 5.36. The molecule has 104 valence electrons. The van der Waals surface area contributed by atoms with Crippen LogP contribution < -0.4 is 5.32 Å². The topological polar surface area (TPSA) is 85.3 Å². The van der Waals surface area contributed by atoms with Crippen LogP contribution in [0.15, 0.2) is 41.1 Å². The maximum absolute atomic E-state index is 4.53. The summed E-state index contributed by atoms with van der Waals surface area (Å²) in [5.41, 5.74) is 2.43. The van der Waals surface area contributed by atoms with Gasteiger partial charge in [0.2, 0.25) is 0 Å². The third-order valence-corrected chi connectivity index (χ3v) is 3.45. The van der Waals surface area contributed by atoms with Gasteiger partial charge in [-0.05, 0) is 50.6 Å². The Balaban J connectivity index is 1.56. The predicted octanol–water partition coefficient (Wildman–Crippen LogP) is 1.54. The summed E-state index contributed by atoms with van der Waals surface area (Å²) in [6.07, 6.45) is 3.94. The lowest BCUT2D eigenvalue weighted by molar-refractivity contribution is 0.733. The molecule has 0 fully saturated rings. The molecule has 0 radical (unpaired) electrons. The van der Waals surface area contributed by atoms with E-state index in [4.69, 9.17) is 0 Å². The summed E-state index contributed by atoms with van der Waals surface area (Å²) < 4.78 is 4.36. The van der Waals surface area contributed by atoms with Crippen molar-refractivity contribution in [2.24, 2.45) is 0 Å². The third kappa shape index (κ3) is 2.31. The molecule has 21 heavy (non-hydrogen) atoms. The molecule has 4 aromatic heterocycles. The minimum atomic E-state index is 0.569. The molecule has 0 saturated heterocycles. The van der Waals surface area contributed by atoms with Gasteiger partial charge in [-0.3, -0.25) is 0 Å². The average Bonchev–Trinajstić information content (AvgIpc) is 3.09. The van der Waals surface area contributed by atoms with E-state index >= 15 is 0 Å². The molecule has 4 heterocycles. The molecule has 0 amide bonds. The second kappa shape index (κ2) is 4.77. The molecule has 4 rings (SSSR count). The Morgan fingerprint density at radius 3 is 2.95 bits per heavy atom. The van der Waals surface area contributed by atoms with Gasteiger partial charge in [0.15, 0.2) is 5.65 Å². The minimum absolute atomic E-state index is 0.569. The van der Waals surface area contributed by atoms with E-state index in [0.29, 0.717) is 18.0 Å². The normalized spacial score (nSPS) is 11.3. The molecular weight excluding hydrogens is 336 g/mol. The molecule has 4 aromatic rings. The van der Waals surface area contributed by atoms with Crippen molar-refractivity contribution >= 4 is 33.0 Å². The first-order valence-corrected chi connectivity index (χ1v) is 7.00. The van der Waals surface area contributed by atoms with Gasteiger partial charge in [-0.1, -0.05) is 0 Å². The van der Waals surface area contributed by atoms with E-state index in [0.717, 1.165) is 15.8 Å². The highest BCUT2D eigenvalue weighted by atomic mass is 79.9. The molecule has 1 N–H and O–H groups in total. The van der Waals surface area contributed by atoms with Gasteiger partial charge in [0.1, 0.15) is 11.5 Å². The van der Waals surface area contributed by atoms with Crippen LogP contribution in [-0.2, 0) is 6.54 Å². The fourth-order valence-electron chi connectivity index (χ4n) is 2.03. The lowest BCUT2D eigenvalue weighted by atomic mass is 10.4. The first kappa shape index (κ1) is 12.2. The highest BCUT2D eigenvalue weighted by Crippen LogP contribution is 2.13. The molecule has 0 aliphatic heterocycles. The van der Waals surface area contributed by atoms with Crippen LogP contribution >= 0.6 is 15.9 Å². The van der Waals surface area contributed by atoms with Gasteiger partial charge in [0.25, 0.3) is 0 Å². The quantitative estimate of drug-likeness (QED) is 0.606. The van der Waals surface area contributed by atoms with Crippen molar-refractivity contribution in [2.45, 2.75) is 6.54 Å². The van der Waals surface area contributed by atoms with E-state index in [9.17, 15) is 0 Å². The number of tetrazole rings is 1. The summed E-state index contributed by atoms with van der Waals surface area (Å²) in [6, 6.07) is 7.56. The zero-order valence-electron chi connectivity index (χ0n) is 10.7. The summed E-state index contributed by atoms with van der Waals surface area (Å²) in [5, 5.41) is 18.6. The smallest absolute Gasteiger partial charge is 0.200 e. The molecule has 9 heteroatoms. The largest absolute Gasteiger partial charge is 0.363 e. The van der Waals surface area contributed by atoms with Crippen molar-refractivity contribution in [2.75, 3.05) is 5.32 Å². The number of hydrogen-bond donors (Lipinski definition) is 1. The van der Waals surface area contributed by atoms with Crippen molar-refractivity contribution in [1.82, 2.24) is 34.6 Å². The van der Waals surface area contributed by atoms with Gasteiger partial charge in [0.05, 0.1) is 12.2 Å². The predicted molar refractivity (Wildman–Crippen MR) is 78.8 cm³/mol. The van der Waals surface area contributed by atoms with Gasteiger partial charge in [-0.15, -0.1) is 14.8 Å². The van der Waals surface area contributed by atoms with E-state index in [2.05, 4.69) is 46.9 Å². The Morgan fingerprint density at radius 1 is 1.10 bits per heavy atom. The molecule has 8 nitrogen and oxygen atoms in total. The van der Waals surface area contributed by atoms with Crippen molar-refractivity contribution < 1.29 is 0 Å². The average molecular weight is 345 g/mol. The van der Waals surface area contributed by atoms with Crippen LogP contribution in [0.5, 0.6) is 0 Å². The molecule has 0 bridgehead atoms. The molecule has 0 atom stereocenters. The van der Waals surface area contributed by atoms with Gasteiger partial charge in [0, 0.05) is 16.9 Å². The lowest BCUT2D eigenvalue weighted by Crippen LogP contribution is -2.04. The van der Waals surface area contributed by atoms with E-state index in [1.165, 1.54) is 4.63 Å². The van der Waals surface area contributed by atoms with Gasteiger partial charge < -0.3 is 9.72 Å². The number of nitrogens with one attached hydrogen (secondary N) is 1. The number of anilines is 1. The maximum atomic E-state index is 4.53. The van der Waals surface area contributed by atoms with Gasteiger partial charge in [-0.2, -0.15) is 0 Å². The molecule has 0 unspecified atom stereocenters. The summed E-state index contributed by atoms with van der Waals surface area (Å²) in [5.74, 6) is 0.688. The lowest BCUT2D eigenvalue weighted by Gasteiger charge is -2.02. The van der Waals surface area contributed by atoms with Crippen LogP contribution in [0, 0.1) is 0 Å². The summed E-state index contributed by atoms with van der Waals surface area (Å²) >= 11 is 3.44. The minimum Gasteiger partial charge on any atom is -0.363 e. The molecular formula is C12H9BrN8. The summed E-state index contributed by atoms with van der Waals surface area (Å²) in [6.45, 7) is 0.569. The Morgan fingerprint density at radius 2 is 2.00 bits per heavy atom. The monoisotopic (exact) mass is 344 g/mol.